The third-order valence-corrected chi connectivity index (χ3v) is 7.11. The summed E-state index contributed by atoms with van der Waals surface area (Å²) in [6.07, 6.45) is 5.29. The number of hydrogen-bond donors (Lipinski definition) is 0. The number of hydrogen-bond acceptors (Lipinski definition) is 4. The van der Waals surface area contributed by atoms with Gasteiger partial charge in [-0.2, -0.15) is 4.31 Å². The number of rotatable bonds is 4. The van der Waals surface area contributed by atoms with E-state index < -0.39 is 10.0 Å². The number of benzene rings is 1. The Morgan fingerprint density at radius 2 is 1.69 bits per heavy atom. The Kier molecular flexibility index (Phi) is 4.67. The summed E-state index contributed by atoms with van der Waals surface area (Å²) in [6, 6.07) is 10.1. The van der Waals surface area contributed by atoms with Crippen LogP contribution in [0.15, 0.2) is 47.5 Å². The molecule has 2 aromatic rings. The molecule has 4 rings (SSSR count). The van der Waals surface area contributed by atoms with Gasteiger partial charge in [0.25, 0.3) is 0 Å². The van der Waals surface area contributed by atoms with Crippen LogP contribution < -0.4 is 4.90 Å². The van der Waals surface area contributed by atoms with Crippen molar-refractivity contribution in [3.63, 3.8) is 0 Å². The predicted octanol–water partition coefficient (Wildman–Crippen LogP) is 3.35. The molecule has 0 amide bonds. The van der Waals surface area contributed by atoms with Gasteiger partial charge < -0.3 is 4.90 Å². The van der Waals surface area contributed by atoms with Crippen LogP contribution in [0.3, 0.4) is 0 Å². The lowest BCUT2D eigenvalue weighted by atomic mass is 10.0. The van der Waals surface area contributed by atoms with Crippen LogP contribution in [-0.2, 0) is 10.0 Å². The number of anilines is 1. The SMILES string of the molecule is O=S(=O)(c1ccc(N2CCCC2c2ccc(F)cc2)nc1)N1CCCC1. The fourth-order valence-corrected chi connectivity index (χ4v) is 5.31. The molecule has 26 heavy (non-hydrogen) atoms. The van der Waals surface area contributed by atoms with Crippen LogP contribution in [0.4, 0.5) is 10.2 Å². The van der Waals surface area contributed by atoms with Crippen LogP contribution in [0.25, 0.3) is 0 Å². The monoisotopic (exact) mass is 375 g/mol. The smallest absolute Gasteiger partial charge is 0.244 e. The normalized spacial score (nSPS) is 21.4. The molecule has 3 heterocycles. The van der Waals surface area contributed by atoms with Gasteiger partial charge in [-0.15, -0.1) is 0 Å². The second-order valence-electron chi connectivity index (χ2n) is 6.87. The molecule has 0 bridgehead atoms. The summed E-state index contributed by atoms with van der Waals surface area (Å²) in [5.41, 5.74) is 1.06. The van der Waals surface area contributed by atoms with Gasteiger partial charge in [-0.25, -0.2) is 17.8 Å². The molecule has 1 aromatic carbocycles. The number of pyridine rings is 1. The highest BCUT2D eigenvalue weighted by molar-refractivity contribution is 7.89. The maximum absolute atomic E-state index is 13.2. The highest BCUT2D eigenvalue weighted by atomic mass is 32.2. The standard InChI is InChI=1S/C19H22FN3O2S/c20-16-7-5-15(6-8-16)18-4-3-13-23(18)19-10-9-17(14-21-19)26(24,25)22-11-1-2-12-22/h5-10,14,18H,1-4,11-13H2. The number of halogens is 1. The van der Waals surface area contributed by atoms with Crippen molar-refractivity contribution in [1.29, 1.82) is 0 Å². The summed E-state index contributed by atoms with van der Waals surface area (Å²) in [5, 5.41) is 0. The van der Waals surface area contributed by atoms with Gasteiger partial charge in [0.15, 0.2) is 0 Å². The lowest BCUT2D eigenvalue weighted by Gasteiger charge is -2.26. The van der Waals surface area contributed by atoms with Crippen molar-refractivity contribution in [2.45, 2.75) is 36.6 Å². The lowest BCUT2D eigenvalue weighted by molar-refractivity contribution is 0.477. The molecule has 0 saturated carbocycles. The Balaban J connectivity index is 1.57. The van der Waals surface area contributed by atoms with Crippen molar-refractivity contribution in [3.05, 3.63) is 54.0 Å². The number of sulfonamides is 1. The highest BCUT2D eigenvalue weighted by Gasteiger charge is 2.29. The molecule has 1 aromatic heterocycles. The Morgan fingerprint density at radius 3 is 2.35 bits per heavy atom. The second-order valence-corrected chi connectivity index (χ2v) is 8.80. The molecule has 1 atom stereocenters. The minimum atomic E-state index is -3.44. The zero-order valence-electron chi connectivity index (χ0n) is 14.5. The van der Waals surface area contributed by atoms with E-state index in [1.54, 1.807) is 12.1 Å². The lowest BCUT2D eigenvalue weighted by Crippen LogP contribution is -2.28. The van der Waals surface area contributed by atoms with Crippen molar-refractivity contribution in [2.75, 3.05) is 24.5 Å². The van der Waals surface area contributed by atoms with E-state index in [0.717, 1.165) is 43.6 Å². The number of aromatic nitrogens is 1. The molecule has 138 valence electrons. The van der Waals surface area contributed by atoms with E-state index in [2.05, 4.69) is 9.88 Å². The van der Waals surface area contributed by atoms with E-state index in [4.69, 9.17) is 0 Å². The maximum Gasteiger partial charge on any atom is 0.244 e. The molecule has 0 N–H and O–H groups in total. The Hall–Kier alpha value is -1.99. The van der Waals surface area contributed by atoms with Gasteiger partial charge in [0, 0.05) is 25.8 Å². The number of nitrogens with zero attached hydrogens (tertiary/aromatic N) is 3. The Morgan fingerprint density at radius 1 is 0.962 bits per heavy atom. The molecule has 2 saturated heterocycles. The first-order valence-corrected chi connectivity index (χ1v) is 10.5. The molecule has 2 aliphatic rings. The van der Waals surface area contributed by atoms with Crippen LogP contribution in [0.5, 0.6) is 0 Å². The van der Waals surface area contributed by atoms with Gasteiger partial charge in [0.05, 0.1) is 6.04 Å². The topological polar surface area (TPSA) is 53.5 Å². The second kappa shape index (κ2) is 6.96. The average molecular weight is 375 g/mol. The van der Waals surface area contributed by atoms with Gasteiger partial charge in [-0.1, -0.05) is 12.1 Å². The third kappa shape index (κ3) is 3.21. The van der Waals surface area contributed by atoms with Crippen LogP contribution in [0.1, 0.15) is 37.3 Å². The molecule has 0 spiro atoms. The van der Waals surface area contributed by atoms with Crippen LogP contribution >= 0.6 is 0 Å². The first-order chi connectivity index (χ1) is 12.6. The van der Waals surface area contributed by atoms with Crippen molar-refractivity contribution in [2.24, 2.45) is 0 Å². The van der Waals surface area contributed by atoms with Crippen LogP contribution in [0, 0.1) is 5.82 Å². The quantitative estimate of drug-likeness (QED) is 0.822. The van der Waals surface area contributed by atoms with Crippen molar-refractivity contribution in [3.8, 4) is 0 Å². The summed E-state index contributed by atoms with van der Waals surface area (Å²) >= 11 is 0. The largest absolute Gasteiger partial charge is 0.350 e. The van der Waals surface area contributed by atoms with Gasteiger partial charge in [0.2, 0.25) is 10.0 Å². The van der Waals surface area contributed by atoms with E-state index in [0.29, 0.717) is 13.1 Å². The van der Waals surface area contributed by atoms with Crippen molar-refractivity contribution < 1.29 is 12.8 Å². The van der Waals surface area contributed by atoms with E-state index in [9.17, 15) is 12.8 Å². The van der Waals surface area contributed by atoms with Gasteiger partial charge in [-0.05, 0) is 55.5 Å². The summed E-state index contributed by atoms with van der Waals surface area (Å²) in [5.74, 6) is 0.519. The maximum atomic E-state index is 13.2. The fourth-order valence-electron chi connectivity index (χ4n) is 3.84. The minimum absolute atomic E-state index is 0.143. The Bertz CT molecular complexity index is 863. The fraction of sp³-hybridized carbons (Fsp3) is 0.421. The molecular formula is C19H22FN3O2S. The van der Waals surface area contributed by atoms with E-state index >= 15 is 0 Å². The minimum Gasteiger partial charge on any atom is -0.350 e. The molecule has 5 nitrogen and oxygen atoms in total. The third-order valence-electron chi connectivity index (χ3n) is 5.23. The zero-order valence-corrected chi connectivity index (χ0v) is 15.3. The molecule has 0 aliphatic carbocycles. The van der Waals surface area contributed by atoms with E-state index in [1.165, 1.54) is 22.6 Å². The average Bonchev–Trinajstić information content (AvgIpc) is 3.35. The highest BCUT2D eigenvalue weighted by Crippen LogP contribution is 2.35. The first kappa shape index (κ1) is 17.4. The molecular weight excluding hydrogens is 353 g/mol. The summed E-state index contributed by atoms with van der Waals surface area (Å²) in [4.78, 5) is 6.85. The summed E-state index contributed by atoms with van der Waals surface area (Å²) in [6.45, 7) is 2.03. The van der Waals surface area contributed by atoms with Crippen LogP contribution in [-0.4, -0.2) is 37.3 Å². The van der Waals surface area contributed by atoms with Gasteiger partial charge in [-0.3, -0.25) is 0 Å². The molecule has 1 unspecified atom stereocenters. The Labute approximate surface area is 153 Å². The predicted molar refractivity (Wildman–Crippen MR) is 98.0 cm³/mol. The van der Waals surface area contributed by atoms with Gasteiger partial charge >= 0.3 is 0 Å². The molecule has 2 aliphatic heterocycles. The zero-order chi connectivity index (χ0) is 18.1. The van der Waals surface area contributed by atoms with Crippen LogP contribution in [0.2, 0.25) is 0 Å². The summed E-state index contributed by atoms with van der Waals surface area (Å²) < 4.78 is 40.0. The van der Waals surface area contributed by atoms with E-state index in [1.807, 2.05) is 12.1 Å². The van der Waals surface area contributed by atoms with Crippen molar-refractivity contribution >= 4 is 15.8 Å². The van der Waals surface area contributed by atoms with Gasteiger partial charge in [0.1, 0.15) is 16.5 Å². The molecule has 2 fully saturated rings. The van der Waals surface area contributed by atoms with E-state index in [-0.39, 0.29) is 16.8 Å². The summed E-state index contributed by atoms with van der Waals surface area (Å²) in [7, 11) is -3.44. The van der Waals surface area contributed by atoms with Crippen molar-refractivity contribution in [1.82, 2.24) is 9.29 Å². The molecule has 0 radical (unpaired) electrons. The first-order valence-electron chi connectivity index (χ1n) is 9.04. The molecule has 7 heteroatoms.